The van der Waals surface area contributed by atoms with Crippen LogP contribution in [0.1, 0.15) is 15.9 Å². The number of carbonyl (C=O) groups excluding carboxylic acids is 2. The Hall–Kier alpha value is -4.31. The van der Waals surface area contributed by atoms with Gasteiger partial charge in [-0.2, -0.15) is 0 Å². The molecule has 9 nitrogen and oxygen atoms in total. The molecule has 200 valence electrons. The summed E-state index contributed by atoms with van der Waals surface area (Å²) in [7, 11) is 1.60. The van der Waals surface area contributed by atoms with Crippen molar-refractivity contribution in [2.45, 2.75) is 12.1 Å². The summed E-state index contributed by atoms with van der Waals surface area (Å²) in [5.74, 6) is 1.10. The third kappa shape index (κ3) is 6.58. The van der Waals surface area contributed by atoms with E-state index in [0.29, 0.717) is 35.6 Å². The van der Waals surface area contributed by atoms with E-state index in [1.807, 2.05) is 84.6 Å². The quantitative estimate of drug-likeness (QED) is 0.318. The molecule has 2 heterocycles. The lowest BCUT2D eigenvalue weighted by atomic mass is 10.1. The number of hydrogen-bond donors (Lipinski definition) is 1. The van der Waals surface area contributed by atoms with Crippen molar-refractivity contribution in [2.24, 2.45) is 0 Å². The molecule has 0 radical (unpaired) electrons. The van der Waals surface area contributed by atoms with Crippen molar-refractivity contribution >= 4 is 35.0 Å². The Balaban J connectivity index is 1.08. The molecule has 1 saturated heterocycles. The summed E-state index contributed by atoms with van der Waals surface area (Å²) < 4.78 is 10.9. The number of amides is 2. The maximum atomic E-state index is 12.8. The Morgan fingerprint density at radius 3 is 2.44 bits per heavy atom. The van der Waals surface area contributed by atoms with E-state index in [1.54, 1.807) is 7.11 Å². The Kier molecular flexibility index (Phi) is 8.12. The van der Waals surface area contributed by atoms with Crippen LogP contribution in [-0.2, 0) is 4.79 Å². The fourth-order valence-electron chi connectivity index (χ4n) is 4.27. The van der Waals surface area contributed by atoms with Crippen LogP contribution in [0.4, 0.5) is 11.4 Å². The zero-order valence-corrected chi connectivity index (χ0v) is 22.6. The third-order valence-electron chi connectivity index (χ3n) is 6.43. The molecule has 1 aliphatic rings. The summed E-state index contributed by atoms with van der Waals surface area (Å²) in [6.07, 6.45) is 0. The van der Waals surface area contributed by atoms with Crippen molar-refractivity contribution in [1.82, 2.24) is 15.1 Å². The number of piperazine rings is 1. The zero-order valence-electron chi connectivity index (χ0n) is 21.8. The van der Waals surface area contributed by atoms with E-state index in [9.17, 15) is 9.59 Å². The molecule has 2 amide bonds. The minimum atomic E-state index is -0.169. The Bertz CT molecular complexity index is 1430. The molecular formula is C29H29N5O4S. The van der Waals surface area contributed by atoms with Crippen LogP contribution < -0.4 is 15.0 Å². The third-order valence-corrected chi connectivity index (χ3v) is 7.25. The van der Waals surface area contributed by atoms with Gasteiger partial charge < -0.3 is 24.3 Å². The number of carbonyl (C=O) groups is 2. The molecule has 0 saturated carbocycles. The molecule has 1 aromatic heterocycles. The predicted molar refractivity (Wildman–Crippen MR) is 151 cm³/mol. The largest absolute Gasteiger partial charge is 0.497 e. The van der Waals surface area contributed by atoms with Gasteiger partial charge in [0.15, 0.2) is 0 Å². The first-order chi connectivity index (χ1) is 19.0. The number of thioether (sulfide) groups is 1. The number of nitrogens with zero attached hydrogens (tertiary/aromatic N) is 4. The molecule has 0 aliphatic carbocycles. The van der Waals surface area contributed by atoms with Gasteiger partial charge in [0.1, 0.15) is 5.75 Å². The molecule has 1 aliphatic heterocycles. The van der Waals surface area contributed by atoms with Crippen LogP contribution in [0.3, 0.4) is 0 Å². The first-order valence-electron chi connectivity index (χ1n) is 12.6. The number of benzene rings is 3. The van der Waals surface area contributed by atoms with Gasteiger partial charge in [-0.3, -0.25) is 9.59 Å². The first kappa shape index (κ1) is 26.3. The Labute approximate surface area is 231 Å². The average Bonchev–Trinajstić information content (AvgIpc) is 3.46. The van der Waals surface area contributed by atoms with Crippen molar-refractivity contribution in [3.8, 4) is 17.2 Å². The van der Waals surface area contributed by atoms with Gasteiger partial charge in [-0.15, -0.1) is 10.2 Å². The number of nitrogens with one attached hydrogen (secondary N) is 1. The lowest BCUT2D eigenvalue weighted by Crippen LogP contribution is -2.48. The Morgan fingerprint density at radius 2 is 1.72 bits per heavy atom. The monoisotopic (exact) mass is 543 g/mol. The van der Waals surface area contributed by atoms with Crippen molar-refractivity contribution in [1.29, 1.82) is 0 Å². The molecule has 0 atom stereocenters. The minimum Gasteiger partial charge on any atom is -0.497 e. The van der Waals surface area contributed by atoms with Crippen molar-refractivity contribution in [2.75, 3.05) is 49.3 Å². The summed E-state index contributed by atoms with van der Waals surface area (Å²) in [4.78, 5) is 29.4. The van der Waals surface area contributed by atoms with Gasteiger partial charge in [0.05, 0.1) is 12.9 Å². The molecular weight excluding hydrogens is 514 g/mol. The topological polar surface area (TPSA) is 101 Å². The van der Waals surface area contributed by atoms with Crippen LogP contribution in [-0.4, -0.2) is 66.0 Å². The van der Waals surface area contributed by atoms with Gasteiger partial charge in [0.2, 0.25) is 11.8 Å². The number of hydrogen-bond acceptors (Lipinski definition) is 8. The zero-order chi connectivity index (χ0) is 27.2. The van der Waals surface area contributed by atoms with Gasteiger partial charge in [-0.25, -0.2) is 0 Å². The second-order valence-electron chi connectivity index (χ2n) is 9.13. The predicted octanol–water partition coefficient (Wildman–Crippen LogP) is 4.75. The average molecular weight is 544 g/mol. The van der Waals surface area contributed by atoms with Crippen LogP contribution in [0, 0.1) is 6.92 Å². The van der Waals surface area contributed by atoms with E-state index in [1.165, 1.54) is 11.8 Å². The van der Waals surface area contributed by atoms with E-state index in [4.69, 9.17) is 9.15 Å². The molecule has 1 fully saturated rings. The van der Waals surface area contributed by atoms with Crippen LogP contribution in [0.2, 0.25) is 0 Å². The van der Waals surface area contributed by atoms with Crippen molar-refractivity contribution in [3.05, 3.63) is 83.9 Å². The minimum absolute atomic E-state index is 0.0719. The van der Waals surface area contributed by atoms with Crippen LogP contribution in [0.5, 0.6) is 5.75 Å². The molecule has 1 N–H and O–H groups in total. The summed E-state index contributed by atoms with van der Waals surface area (Å²) in [5, 5.41) is 11.3. The van der Waals surface area contributed by atoms with Gasteiger partial charge in [0, 0.05) is 48.7 Å². The molecule has 3 aromatic carbocycles. The second-order valence-corrected chi connectivity index (χ2v) is 10.1. The number of methoxy groups -OCH3 is 1. The fourth-order valence-corrected chi connectivity index (χ4v) is 4.83. The van der Waals surface area contributed by atoms with E-state index in [0.717, 1.165) is 35.5 Å². The van der Waals surface area contributed by atoms with Gasteiger partial charge in [0.25, 0.3) is 11.1 Å². The summed E-state index contributed by atoms with van der Waals surface area (Å²) in [5.41, 5.74) is 4.38. The number of ether oxygens (including phenoxy) is 1. The SMILES string of the molecule is COc1cccc(-c2nnc(SCC(=O)Nc3ccc(N4CCN(C(=O)c5ccc(C)cc5)CC4)cc3)o2)c1. The highest BCUT2D eigenvalue weighted by atomic mass is 32.2. The van der Waals surface area contributed by atoms with Crippen LogP contribution in [0.25, 0.3) is 11.5 Å². The maximum Gasteiger partial charge on any atom is 0.277 e. The number of rotatable bonds is 8. The van der Waals surface area contributed by atoms with Gasteiger partial charge in [-0.05, 0) is 61.5 Å². The van der Waals surface area contributed by atoms with Crippen molar-refractivity contribution in [3.63, 3.8) is 0 Å². The van der Waals surface area contributed by atoms with E-state index < -0.39 is 0 Å². The molecule has 4 aromatic rings. The molecule has 10 heteroatoms. The summed E-state index contributed by atoms with van der Waals surface area (Å²) >= 11 is 1.18. The van der Waals surface area contributed by atoms with Gasteiger partial charge in [-0.1, -0.05) is 35.5 Å². The standard InChI is InChI=1S/C29H29N5O4S/c1-20-6-8-21(9-7-20)28(36)34-16-14-33(15-17-34)24-12-10-23(11-13-24)30-26(35)19-39-29-32-31-27(38-29)22-4-3-5-25(18-22)37-2/h3-13,18H,14-17,19H2,1-2H3,(H,30,35). The number of aromatic nitrogens is 2. The van der Waals surface area contributed by atoms with Crippen molar-refractivity contribution < 1.29 is 18.7 Å². The van der Waals surface area contributed by atoms with Crippen LogP contribution >= 0.6 is 11.8 Å². The highest BCUT2D eigenvalue weighted by Gasteiger charge is 2.22. The van der Waals surface area contributed by atoms with E-state index >= 15 is 0 Å². The summed E-state index contributed by atoms with van der Waals surface area (Å²) in [6.45, 7) is 4.84. The maximum absolute atomic E-state index is 12.8. The normalized spacial score (nSPS) is 13.3. The summed E-state index contributed by atoms with van der Waals surface area (Å²) in [6, 6.07) is 22.8. The molecule has 0 bridgehead atoms. The lowest BCUT2D eigenvalue weighted by Gasteiger charge is -2.36. The first-order valence-corrected chi connectivity index (χ1v) is 13.6. The lowest BCUT2D eigenvalue weighted by molar-refractivity contribution is -0.113. The van der Waals surface area contributed by atoms with E-state index in [-0.39, 0.29) is 17.6 Å². The molecule has 0 unspecified atom stereocenters. The number of anilines is 2. The highest BCUT2D eigenvalue weighted by Crippen LogP contribution is 2.26. The number of aryl methyl sites for hydroxylation is 1. The van der Waals surface area contributed by atoms with E-state index in [2.05, 4.69) is 20.4 Å². The molecule has 39 heavy (non-hydrogen) atoms. The second kappa shape index (κ2) is 12.0. The highest BCUT2D eigenvalue weighted by molar-refractivity contribution is 7.99. The molecule has 5 rings (SSSR count). The Morgan fingerprint density at radius 1 is 0.974 bits per heavy atom. The van der Waals surface area contributed by atoms with Gasteiger partial charge >= 0.3 is 0 Å². The fraction of sp³-hybridized carbons (Fsp3) is 0.241. The smallest absolute Gasteiger partial charge is 0.277 e. The molecule has 0 spiro atoms. The van der Waals surface area contributed by atoms with Crippen LogP contribution in [0.15, 0.2) is 82.4 Å².